The molecule has 3 unspecified atom stereocenters. The fourth-order valence-corrected chi connectivity index (χ4v) is 3.01. The summed E-state index contributed by atoms with van der Waals surface area (Å²) in [6.45, 7) is 0. The number of carbonyl (C=O) groups is 2. The van der Waals surface area contributed by atoms with Crippen molar-refractivity contribution >= 4 is 17.5 Å². The van der Waals surface area contributed by atoms with Gasteiger partial charge in [-0.1, -0.05) is 24.3 Å². The molecular formula is C14H11N3O8. The Balaban J connectivity index is 2.27. The molecule has 3 atom stereocenters. The number of nitrogens with zero attached hydrogens (tertiary/aromatic N) is 3. The molecule has 1 aliphatic carbocycles. The summed E-state index contributed by atoms with van der Waals surface area (Å²) in [5.41, 5.74) is -1.45. The lowest BCUT2D eigenvalue weighted by molar-refractivity contribution is -0.505. The molecule has 25 heavy (non-hydrogen) atoms. The first-order valence-electron chi connectivity index (χ1n) is 7.10. The molecule has 11 heteroatoms. The van der Waals surface area contributed by atoms with Gasteiger partial charge >= 0.3 is 11.6 Å². The van der Waals surface area contributed by atoms with Crippen molar-refractivity contribution in [1.82, 2.24) is 4.90 Å². The van der Waals surface area contributed by atoms with Gasteiger partial charge in [-0.15, -0.1) is 0 Å². The Morgan fingerprint density at radius 2 is 1.72 bits per heavy atom. The summed E-state index contributed by atoms with van der Waals surface area (Å²) in [5, 5.41) is 42.5. The lowest BCUT2D eigenvalue weighted by Gasteiger charge is -2.29. The summed E-state index contributed by atoms with van der Waals surface area (Å²) in [7, 11) is 0. The van der Waals surface area contributed by atoms with Crippen LogP contribution in [-0.2, 0) is 9.59 Å². The van der Waals surface area contributed by atoms with Crippen molar-refractivity contribution in [1.29, 1.82) is 0 Å². The van der Waals surface area contributed by atoms with Crippen molar-refractivity contribution < 1.29 is 29.6 Å². The Hall–Kier alpha value is -3.18. The third-order valence-corrected chi connectivity index (χ3v) is 4.15. The second-order valence-electron chi connectivity index (χ2n) is 5.54. The topological polar surface area (TPSA) is 164 Å². The van der Waals surface area contributed by atoms with E-state index in [1.54, 1.807) is 0 Å². The van der Waals surface area contributed by atoms with Crippen LogP contribution in [-0.4, -0.2) is 48.9 Å². The molecule has 130 valence electrons. The van der Waals surface area contributed by atoms with Gasteiger partial charge in [0.05, 0.1) is 4.92 Å². The predicted molar refractivity (Wildman–Crippen MR) is 78.6 cm³/mol. The monoisotopic (exact) mass is 349 g/mol. The van der Waals surface area contributed by atoms with Gasteiger partial charge in [0.25, 0.3) is 6.04 Å². The Morgan fingerprint density at radius 1 is 1.08 bits per heavy atom. The molecule has 0 spiro atoms. The van der Waals surface area contributed by atoms with Crippen LogP contribution in [0.4, 0.5) is 0 Å². The third-order valence-electron chi connectivity index (χ3n) is 4.15. The normalized spacial score (nSPS) is 26.0. The standard InChI is InChI=1S/C14H11N3O8/c18-9-5-8(16(22)23)14(21)15(9)10-6-3-1-2-4-7(6)12(19)13(20)11(10)17(24)25/h1-4,8,12-13,19-20H,5H2. The Labute approximate surface area is 139 Å². The van der Waals surface area contributed by atoms with Crippen LogP contribution in [0.3, 0.4) is 0 Å². The minimum absolute atomic E-state index is 0.0160. The number of amides is 2. The van der Waals surface area contributed by atoms with E-state index in [0.29, 0.717) is 4.90 Å². The number of benzene rings is 1. The highest BCUT2D eigenvalue weighted by atomic mass is 16.6. The number of aliphatic hydroxyl groups excluding tert-OH is 2. The van der Waals surface area contributed by atoms with Crippen LogP contribution < -0.4 is 0 Å². The molecule has 1 fully saturated rings. The molecule has 1 heterocycles. The zero-order chi connectivity index (χ0) is 18.5. The summed E-state index contributed by atoms with van der Waals surface area (Å²) >= 11 is 0. The summed E-state index contributed by atoms with van der Waals surface area (Å²) < 4.78 is 0. The minimum atomic E-state index is -2.00. The lowest BCUT2D eigenvalue weighted by Crippen LogP contribution is -2.40. The lowest BCUT2D eigenvalue weighted by atomic mass is 9.87. The fraction of sp³-hybridized carbons (Fsp3) is 0.286. The highest BCUT2D eigenvalue weighted by Crippen LogP contribution is 2.41. The van der Waals surface area contributed by atoms with Crippen LogP contribution in [0.25, 0.3) is 5.70 Å². The number of fused-ring (bicyclic) bond motifs is 1. The number of likely N-dealkylation sites (tertiary alicyclic amines) is 1. The average Bonchev–Trinajstić information content (AvgIpc) is 2.85. The van der Waals surface area contributed by atoms with E-state index < -0.39 is 57.7 Å². The maximum Gasteiger partial charge on any atom is 0.309 e. The highest BCUT2D eigenvalue weighted by molar-refractivity contribution is 6.12. The number of hydrogen-bond donors (Lipinski definition) is 2. The van der Waals surface area contributed by atoms with Crippen molar-refractivity contribution in [2.75, 3.05) is 0 Å². The van der Waals surface area contributed by atoms with Crippen molar-refractivity contribution in [3.8, 4) is 0 Å². The van der Waals surface area contributed by atoms with Crippen molar-refractivity contribution in [2.24, 2.45) is 0 Å². The number of aliphatic hydroxyl groups is 2. The maximum absolute atomic E-state index is 12.3. The second kappa shape index (κ2) is 5.72. The largest absolute Gasteiger partial charge is 0.385 e. The first-order chi connectivity index (χ1) is 11.8. The number of rotatable bonds is 3. The molecule has 0 bridgehead atoms. The second-order valence-corrected chi connectivity index (χ2v) is 5.54. The summed E-state index contributed by atoms with van der Waals surface area (Å²) in [4.78, 5) is 45.2. The minimum Gasteiger partial charge on any atom is -0.385 e. The van der Waals surface area contributed by atoms with Crippen molar-refractivity contribution in [2.45, 2.75) is 24.7 Å². The Morgan fingerprint density at radius 3 is 2.28 bits per heavy atom. The van der Waals surface area contributed by atoms with Crippen LogP contribution >= 0.6 is 0 Å². The van der Waals surface area contributed by atoms with Crippen LogP contribution in [0.15, 0.2) is 30.0 Å². The van der Waals surface area contributed by atoms with Crippen LogP contribution in [0.2, 0.25) is 0 Å². The number of carbonyl (C=O) groups excluding carboxylic acids is 2. The quantitative estimate of drug-likeness (QED) is 0.416. The van der Waals surface area contributed by atoms with Gasteiger partial charge in [-0.2, -0.15) is 0 Å². The van der Waals surface area contributed by atoms with E-state index in [1.807, 2.05) is 0 Å². The number of nitro groups is 2. The van der Waals surface area contributed by atoms with Crippen LogP contribution in [0.1, 0.15) is 23.7 Å². The summed E-state index contributed by atoms with van der Waals surface area (Å²) in [5.74, 6) is -2.21. The van der Waals surface area contributed by atoms with Gasteiger partial charge in [0.2, 0.25) is 5.91 Å². The van der Waals surface area contributed by atoms with Gasteiger partial charge in [0.1, 0.15) is 18.2 Å². The van der Waals surface area contributed by atoms with Gasteiger partial charge in [0.15, 0.2) is 6.10 Å². The van der Waals surface area contributed by atoms with Gasteiger partial charge in [-0.3, -0.25) is 29.8 Å². The smallest absolute Gasteiger partial charge is 0.309 e. The molecule has 0 radical (unpaired) electrons. The first-order valence-corrected chi connectivity index (χ1v) is 7.10. The van der Waals surface area contributed by atoms with E-state index in [2.05, 4.69) is 0 Å². The molecule has 1 aliphatic heterocycles. The zero-order valence-electron chi connectivity index (χ0n) is 12.4. The molecule has 2 aliphatic rings. The molecule has 1 saturated heterocycles. The molecule has 0 aromatic heterocycles. The predicted octanol–water partition coefficient (Wildman–Crippen LogP) is -0.556. The molecule has 1 aromatic carbocycles. The zero-order valence-corrected chi connectivity index (χ0v) is 12.4. The number of hydrogen-bond acceptors (Lipinski definition) is 8. The van der Waals surface area contributed by atoms with E-state index in [1.165, 1.54) is 24.3 Å². The maximum atomic E-state index is 12.3. The molecule has 2 amide bonds. The molecule has 1 aromatic rings. The van der Waals surface area contributed by atoms with E-state index in [-0.39, 0.29) is 11.1 Å². The van der Waals surface area contributed by atoms with E-state index in [9.17, 15) is 40.0 Å². The van der Waals surface area contributed by atoms with Crippen molar-refractivity contribution in [3.63, 3.8) is 0 Å². The summed E-state index contributed by atoms with van der Waals surface area (Å²) in [6, 6.07) is 3.80. The highest BCUT2D eigenvalue weighted by Gasteiger charge is 2.53. The fourth-order valence-electron chi connectivity index (χ4n) is 3.01. The average molecular weight is 349 g/mol. The summed E-state index contributed by atoms with van der Waals surface area (Å²) in [6.07, 6.45) is -4.38. The Kier molecular flexibility index (Phi) is 3.81. The Bertz CT molecular complexity index is 848. The molecule has 11 nitrogen and oxygen atoms in total. The SMILES string of the molecule is O=C1CC([N+](=O)[O-])C(=O)N1C1=C([N+](=O)[O-])C(O)C(O)c2ccccc21. The molecule has 3 rings (SSSR count). The van der Waals surface area contributed by atoms with E-state index in [4.69, 9.17) is 0 Å². The van der Waals surface area contributed by atoms with E-state index in [0.717, 1.165) is 0 Å². The first kappa shape index (κ1) is 16.7. The van der Waals surface area contributed by atoms with Gasteiger partial charge in [-0.25, -0.2) is 4.90 Å². The van der Waals surface area contributed by atoms with Gasteiger partial charge in [-0.05, 0) is 5.56 Å². The molecular weight excluding hydrogens is 338 g/mol. The molecule has 0 saturated carbocycles. The van der Waals surface area contributed by atoms with Gasteiger partial charge < -0.3 is 10.2 Å². The van der Waals surface area contributed by atoms with Crippen molar-refractivity contribution in [3.05, 3.63) is 61.3 Å². The number of imide groups is 1. The van der Waals surface area contributed by atoms with Crippen LogP contribution in [0.5, 0.6) is 0 Å². The third kappa shape index (κ3) is 2.37. The van der Waals surface area contributed by atoms with E-state index >= 15 is 0 Å². The van der Waals surface area contributed by atoms with Gasteiger partial charge in [0, 0.05) is 10.5 Å². The molecule has 2 N–H and O–H groups in total. The van der Waals surface area contributed by atoms with Crippen LogP contribution in [0, 0.1) is 20.2 Å².